The van der Waals surface area contributed by atoms with Gasteiger partial charge < -0.3 is 10.2 Å². The monoisotopic (exact) mass is 586 g/mol. The van der Waals surface area contributed by atoms with E-state index in [9.17, 15) is 23.2 Å². The van der Waals surface area contributed by atoms with E-state index in [2.05, 4.69) is 24.1 Å². The predicted octanol–water partition coefficient (Wildman–Crippen LogP) is 6.00. The van der Waals surface area contributed by atoms with Gasteiger partial charge in [0.2, 0.25) is 11.8 Å². The third-order valence-electron chi connectivity index (χ3n) is 9.92. The van der Waals surface area contributed by atoms with Crippen molar-refractivity contribution in [3.8, 4) is 0 Å². The Balaban J connectivity index is 1.29. The van der Waals surface area contributed by atoms with Crippen LogP contribution in [0.1, 0.15) is 97.1 Å². The van der Waals surface area contributed by atoms with E-state index in [4.69, 9.17) is 0 Å². The van der Waals surface area contributed by atoms with Crippen LogP contribution in [0.5, 0.6) is 0 Å². The summed E-state index contributed by atoms with van der Waals surface area (Å²) in [4.78, 5) is 46.6. The Hall–Kier alpha value is -2.55. The molecule has 1 N–H and O–H groups in total. The fraction of sp³-hybridized carbons (Fsp3) is 0.727. The Bertz CT molecular complexity index is 1120. The molecule has 1 aliphatic carbocycles. The number of piperidine rings is 1. The number of halogens is 2. The van der Waals surface area contributed by atoms with Crippen LogP contribution in [0.15, 0.2) is 30.3 Å². The molecule has 9 heteroatoms. The predicted molar refractivity (Wildman–Crippen MR) is 158 cm³/mol. The maximum Gasteiger partial charge on any atom is 0.327 e. The third kappa shape index (κ3) is 6.22. The Labute approximate surface area is 249 Å². The van der Waals surface area contributed by atoms with Crippen molar-refractivity contribution in [2.24, 2.45) is 17.8 Å². The van der Waals surface area contributed by atoms with Gasteiger partial charge in [0, 0.05) is 50.5 Å². The van der Waals surface area contributed by atoms with Crippen molar-refractivity contribution in [1.29, 1.82) is 0 Å². The molecular weight excluding hydrogens is 538 g/mol. The zero-order valence-corrected chi connectivity index (χ0v) is 25.7. The smallest absolute Gasteiger partial charge is 0.327 e. The van der Waals surface area contributed by atoms with Crippen molar-refractivity contribution in [3.05, 3.63) is 35.9 Å². The Kier molecular flexibility index (Phi) is 8.98. The second-order valence-electron chi connectivity index (χ2n) is 14.1. The number of hydrogen-bond donors (Lipinski definition) is 1. The summed E-state index contributed by atoms with van der Waals surface area (Å²) >= 11 is 0. The van der Waals surface area contributed by atoms with Crippen LogP contribution >= 0.6 is 0 Å². The zero-order chi connectivity index (χ0) is 30.2. The summed E-state index contributed by atoms with van der Waals surface area (Å²) in [7, 11) is 0. The Morgan fingerprint density at radius 1 is 0.929 bits per heavy atom. The summed E-state index contributed by atoms with van der Waals surface area (Å²) in [6.45, 7) is 10.1. The SMILES string of the molecule is CC(C)CN1C(=O)N(CC(C)C)C2(CC3CCC(C2)N3CCC(NC(=O)C2CCC(F)(F)CC2)c2ccccc2)C1=O. The van der Waals surface area contributed by atoms with Crippen molar-refractivity contribution < 1.29 is 23.2 Å². The molecule has 42 heavy (non-hydrogen) atoms. The molecule has 5 rings (SSSR count). The maximum atomic E-state index is 14.0. The normalized spacial score (nSPS) is 28.9. The molecule has 4 aliphatic rings. The number of hydrogen-bond acceptors (Lipinski definition) is 4. The molecule has 1 aromatic rings. The van der Waals surface area contributed by atoms with Crippen molar-refractivity contribution in [2.75, 3.05) is 19.6 Å². The number of carbonyl (C=O) groups is 3. The molecule has 232 valence electrons. The van der Waals surface area contributed by atoms with Gasteiger partial charge in [-0.2, -0.15) is 0 Å². The molecule has 1 saturated carbocycles. The second-order valence-corrected chi connectivity index (χ2v) is 14.1. The second kappa shape index (κ2) is 12.2. The lowest BCUT2D eigenvalue weighted by molar-refractivity contribution is -0.138. The molecular formula is C33H48F2N4O3. The van der Waals surface area contributed by atoms with Gasteiger partial charge in [-0.1, -0.05) is 58.0 Å². The first kappa shape index (κ1) is 30.9. The summed E-state index contributed by atoms with van der Waals surface area (Å²) < 4.78 is 27.4. The molecule has 7 nitrogen and oxygen atoms in total. The van der Waals surface area contributed by atoms with Gasteiger partial charge in [-0.15, -0.1) is 0 Å². The Morgan fingerprint density at radius 3 is 2.10 bits per heavy atom. The highest BCUT2D eigenvalue weighted by atomic mass is 19.3. The van der Waals surface area contributed by atoms with Gasteiger partial charge in [0.1, 0.15) is 5.54 Å². The molecule has 0 aromatic heterocycles. The van der Waals surface area contributed by atoms with E-state index in [1.807, 2.05) is 49.1 Å². The number of nitrogens with zero attached hydrogens (tertiary/aromatic N) is 3. The Morgan fingerprint density at radius 2 is 1.52 bits per heavy atom. The topological polar surface area (TPSA) is 73.0 Å². The molecule has 3 unspecified atom stereocenters. The minimum absolute atomic E-state index is 0.0223. The molecule has 4 fully saturated rings. The van der Waals surface area contributed by atoms with E-state index in [1.54, 1.807) is 0 Å². The number of amides is 4. The number of carbonyl (C=O) groups excluding carboxylic acids is 3. The molecule has 3 aliphatic heterocycles. The van der Waals surface area contributed by atoms with Crippen LogP contribution in [0.4, 0.5) is 13.6 Å². The number of alkyl halides is 2. The fourth-order valence-electron chi connectivity index (χ4n) is 7.88. The maximum absolute atomic E-state index is 14.0. The van der Waals surface area contributed by atoms with Gasteiger partial charge in [0.15, 0.2) is 0 Å². The first-order chi connectivity index (χ1) is 19.9. The quantitative estimate of drug-likeness (QED) is 0.342. The van der Waals surface area contributed by atoms with Gasteiger partial charge >= 0.3 is 6.03 Å². The molecule has 2 bridgehead atoms. The van der Waals surface area contributed by atoms with Gasteiger partial charge in [0.25, 0.3) is 5.91 Å². The van der Waals surface area contributed by atoms with Crippen LogP contribution in [0.2, 0.25) is 0 Å². The minimum Gasteiger partial charge on any atom is -0.349 e. The lowest BCUT2D eigenvalue weighted by Gasteiger charge is -2.47. The number of urea groups is 1. The number of fused-ring (bicyclic) bond motifs is 2. The zero-order valence-electron chi connectivity index (χ0n) is 25.7. The fourth-order valence-corrected chi connectivity index (χ4v) is 7.88. The lowest BCUT2D eigenvalue weighted by atomic mass is 9.80. The lowest BCUT2D eigenvalue weighted by Crippen LogP contribution is -2.61. The molecule has 3 heterocycles. The molecule has 3 atom stereocenters. The van der Waals surface area contributed by atoms with Crippen LogP contribution in [0.3, 0.4) is 0 Å². The van der Waals surface area contributed by atoms with Crippen molar-refractivity contribution in [1.82, 2.24) is 20.0 Å². The van der Waals surface area contributed by atoms with Gasteiger partial charge in [-0.05, 0) is 62.3 Å². The van der Waals surface area contributed by atoms with Gasteiger partial charge in [0.05, 0.1) is 6.04 Å². The van der Waals surface area contributed by atoms with Gasteiger partial charge in [-0.25, -0.2) is 13.6 Å². The first-order valence-electron chi connectivity index (χ1n) is 16.0. The molecule has 0 radical (unpaired) electrons. The third-order valence-corrected chi connectivity index (χ3v) is 9.92. The number of benzene rings is 1. The van der Waals surface area contributed by atoms with Crippen LogP contribution in [0, 0.1) is 17.8 Å². The largest absolute Gasteiger partial charge is 0.349 e. The highest BCUT2D eigenvalue weighted by molar-refractivity contribution is 6.07. The van der Waals surface area contributed by atoms with E-state index >= 15 is 0 Å². The molecule has 3 saturated heterocycles. The molecule has 1 aromatic carbocycles. The standard InChI is InChI=1S/C33H48F2N4O3/c1-22(2)20-38-30(41)32(39(31(38)42)21-23(3)4)18-26-10-11-27(19-32)37(26)17-14-28(24-8-6-5-7-9-24)36-29(40)25-12-15-33(34,35)16-13-25/h5-9,22-23,25-28H,10-21H2,1-4H3,(H,36,40). The summed E-state index contributed by atoms with van der Waals surface area (Å²) in [5.74, 6) is -2.73. The van der Waals surface area contributed by atoms with Gasteiger partial charge in [-0.3, -0.25) is 19.4 Å². The molecule has 4 amide bonds. The highest BCUT2D eigenvalue weighted by Gasteiger charge is 2.62. The van der Waals surface area contributed by atoms with Crippen molar-refractivity contribution >= 4 is 17.8 Å². The number of imide groups is 1. The average molecular weight is 587 g/mol. The van der Waals surface area contributed by atoms with Crippen molar-refractivity contribution in [3.63, 3.8) is 0 Å². The van der Waals surface area contributed by atoms with Crippen LogP contribution in [0.25, 0.3) is 0 Å². The average Bonchev–Trinajstić information content (AvgIpc) is 3.28. The number of nitrogens with one attached hydrogen (secondary N) is 1. The van der Waals surface area contributed by atoms with Crippen molar-refractivity contribution in [2.45, 2.75) is 115 Å². The van der Waals surface area contributed by atoms with E-state index < -0.39 is 11.5 Å². The summed E-state index contributed by atoms with van der Waals surface area (Å²) in [6.07, 6.45) is 3.94. The van der Waals surface area contributed by atoms with E-state index in [0.717, 1.165) is 24.9 Å². The number of rotatable bonds is 10. The minimum atomic E-state index is -2.66. The molecule has 1 spiro atoms. The van der Waals surface area contributed by atoms with E-state index in [1.165, 1.54) is 4.90 Å². The summed E-state index contributed by atoms with van der Waals surface area (Å²) in [5.41, 5.74) is 0.242. The highest BCUT2D eigenvalue weighted by Crippen LogP contribution is 2.48. The van der Waals surface area contributed by atoms with Crippen LogP contribution in [-0.2, 0) is 9.59 Å². The van der Waals surface area contributed by atoms with E-state index in [0.29, 0.717) is 32.4 Å². The summed E-state index contributed by atoms with van der Waals surface area (Å²) in [6, 6.07) is 9.92. The van der Waals surface area contributed by atoms with E-state index in [-0.39, 0.29) is 79.4 Å². The van der Waals surface area contributed by atoms with Crippen LogP contribution in [-0.4, -0.2) is 75.7 Å². The van der Waals surface area contributed by atoms with Crippen LogP contribution < -0.4 is 5.32 Å². The first-order valence-corrected chi connectivity index (χ1v) is 16.0. The summed E-state index contributed by atoms with van der Waals surface area (Å²) in [5, 5.41) is 3.21.